The van der Waals surface area contributed by atoms with Crippen molar-refractivity contribution >= 4 is 11.7 Å². The van der Waals surface area contributed by atoms with Gasteiger partial charge in [-0.1, -0.05) is 0 Å². The predicted molar refractivity (Wildman–Crippen MR) is 77.4 cm³/mol. The Hall–Kier alpha value is -2.51. The van der Waals surface area contributed by atoms with Crippen molar-refractivity contribution in [2.45, 2.75) is 25.8 Å². The number of nitrogens with zero attached hydrogens (tertiary/aromatic N) is 2. The summed E-state index contributed by atoms with van der Waals surface area (Å²) in [4.78, 5) is 30.0. The van der Waals surface area contributed by atoms with E-state index < -0.39 is 0 Å². The summed E-state index contributed by atoms with van der Waals surface area (Å²) >= 11 is 0. The van der Waals surface area contributed by atoms with E-state index in [1.54, 1.807) is 0 Å². The van der Waals surface area contributed by atoms with E-state index in [1.165, 1.54) is 6.20 Å². The second-order valence-corrected chi connectivity index (χ2v) is 5.30. The maximum absolute atomic E-state index is 11.9. The van der Waals surface area contributed by atoms with E-state index in [0.717, 1.165) is 37.4 Å². The van der Waals surface area contributed by atoms with Crippen molar-refractivity contribution in [2.24, 2.45) is 0 Å². The van der Waals surface area contributed by atoms with Crippen LogP contribution in [-0.2, 0) is 0 Å². The van der Waals surface area contributed by atoms with Gasteiger partial charge in [-0.2, -0.15) is 5.10 Å². The Morgan fingerprint density at radius 1 is 1.43 bits per heavy atom. The largest absolute Gasteiger partial charge is 0.355 e. The number of aromatic nitrogens is 4. The fraction of sp³-hybridized carbons (Fsp3) is 0.462. The summed E-state index contributed by atoms with van der Waals surface area (Å²) in [6.45, 7) is 3.67. The average molecular weight is 290 g/mol. The minimum atomic E-state index is -0.371. The molecule has 0 bridgehead atoms. The Kier molecular flexibility index (Phi) is 3.51. The third kappa shape index (κ3) is 2.99. The lowest BCUT2D eigenvalue weighted by Gasteiger charge is -2.32. The number of carbonyl (C=O) groups excluding carboxylic acids is 1. The first-order valence-corrected chi connectivity index (χ1v) is 6.97. The van der Waals surface area contributed by atoms with Crippen LogP contribution >= 0.6 is 0 Å². The summed E-state index contributed by atoms with van der Waals surface area (Å²) in [5.74, 6) is 0.703. The van der Waals surface area contributed by atoms with Crippen molar-refractivity contribution in [3.8, 4) is 0 Å². The Labute approximate surface area is 120 Å². The van der Waals surface area contributed by atoms with E-state index in [-0.39, 0.29) is 23.3 Å². The van der Waals surface area contributed by atoms with E-state index in [0.29, 0.717) is 0 Å². The molecule has 2 aromatic rings. The first kappa shape index (κ1) is 13.5. The SMILES string of the molecule is Cc1cc(N2CCC(NC(=O)c3c[nH]c(=O)[nH]3)CC2)n[nH]1. The number of amides is 1. The molecule has 112 valence electrons. The number of H-pyrrole nitrogens is 3. The monoisotopic (exact) mass is 290 g/mol. The van der Waals surface area contributed by atoms with Crippen LogP contribution in [-0.4, -0.2) is 45.2 Å². The second-order valence-electron chi connectivity index (χ2n) is 5.30. The molecular formula is C13H18N6O2. The number of aryl methyl sites for hydroxylation is 1. The molecule has 8 heteroatoms. The molecule has 0 aromatic carbocycles. The maximum Gasteiger partial charge on any atom is 0.323 e. The van der Waals surface area contributed by atoms with Crippen LogP contribution in [0.4, 0.5) is 5.82 Å². The van der Waals surface area contributed by atoms with Crippen molar-refractivity contribution in [1.29, 1.82) is 0 Å². The van der Waals surface area contributed by atoms with Gasteiger partial charge in [0.15, 0.2) is 5.82 Å². The number of hydrogen-bond donors (Lipinski definition) is 4. The van der Waals surface area contributed by atoms with Crippen LogP contribution in [0.5, 0.6) is 0 Å². The van der Waals surface area contributed by atoms with Gasteiger partial charge in [-0.05, 0) is 19.8 Å². The first-order valence-electron chi connectivity index (χ1n) is 6.97. The summed E-state index contributed by atoms with van der Waals surface area (Å²) in [6, 6.07) is 2.14. The zero-order valence-electron chi connectivity index (χ0n) is 11.8. The summed E-state index contributed by atoms with van der Waals surface area (Å²) in [5, 5.41) is 10.1. The van der Waals surface area contributed by atoms with Crippen molar-refractivity contribution in [3.63, 3.8) is 0 Å². The maximum atomic E-state index is 11.9. The van der Waals surface area contributed by atoms with E-state index in [2.05, 4.69) is 30.4 Å². The minimum absolute atomic E-state index is 0.118. The standard InChI is InChI=1S/C13H18N6O2/c1-8-6-11(18-17-8)19-4-2-9(3-5-19)15-12(20)10-7-14-13(21)16-10/h6-7,9H,2-5H2,1H3,(H,15,20)(H,17,18)(H2,14,16,21). The molecule has 1 fully saturated rings. The van der Waals surface area contributed by atoms with Gasteiger partial charge in [0.2, 0.25) is 0 Å². The molecule has 0 aliphatic carbocycles. The van der Waals surface area contributed by atoms with Crippen LogP contribution in [0.3, 0.4) is 0 Å². The van der Waals surface area contributed by atoms with Crippen LogP contribution < -0.4 is 15.9 Å². The normalized spacial score (nSPS) is 16.1. The zero-order chi connectivity index (χ0) is 14.8. The highest BCUT2D eigenvalue weighted by atomic mass is 16.2. The number of nitrogens with one attached hydrogen (secondary N) is 4. The smallest absolute Gasteiger partial charge is 0.323 e. The van der Waals surface area contributed by atoms with Crippen molar-refractivity contribution in [1.82, 2.24) is 25.5 Å². The zero-order valence-corrected chi connectivity index (χ0v) is 11.8. The number of carbonyl (C=O) groups is 1. The van der Waals surface area contributed by atoms with Crippen molar-refractivity contribution in [2.75, 3.05) is 18.0 Å². The van der Waals surface area contributed by atoms with Gasteiger partial charge in [0, 0.05) is 37.1 Å². The third-order valence-corrected chi connectivity index (χ3v) is 3.69. The minimum Gasteiger partial charge on any atom is -0.355 e. The van der Waals surface area contributed by atoms with Crippen molar-refractivity contribution in [3.05, 3.63) is 34.1 Å². The molecule has 8 nitrogen and oxygen atoms in total. The molecular weight excluding hydrogens is 272 g/mol. The predicted octanol–water partition coefficient (Wildman–Crippen LogP) is 0.133. The number of hydrogen-bond acceptors (Lipinski definition) is 4. The molecule has 1 aliphatic heterocycles. The number of piperidine rings is 1. The van der Waals surface area contributed by atoms with Gasteiger partial charge in [-0.15, -0.1) is 0 Å². The van der Waals surface area contributed by atoms with E-state index in [1.807, 2.05) is 13.0 Å². The van der Waals surface area contributed by atoms with Gasteiger partial charge in [0.25, 0.3) is 5.91 Å². The van der Waals surface area contributed by atoms with Crippen LogP contribution in [0.25, 0.3) is 0 Å². The van der Waals surface area contributed by atoms with Gasteiger partial charge in [-0.25, -0.2) is 4.79 Å². The molecule has 1 saturated heterocycles. The Bertz CT molecular complexity index is 677. The lowest BCUT2D eigenvalue weighted by atomic mass is 10.0. The van der Waals surface area contributed by atoms with Gasteiger partial charge in [-0.3, -0.25) is 9.89 Å². The van der Waals surface area contributed by atoms with E-state index in [9.17, 15) is 9.59 Å². The lowest BCUT2D eigenvalue weighted by molar-refractivity contribution is 0.0926. The average Bonchev–Trinajstić information content (AvgIpc) is 3.08. The molecule has 1 aliphatic rings. The molecule has 0 unspecified atom stereocenters. The van der Waals surface area contributed by atoms with E-state index >= 15 is 0 Å². The molecule has 0 spiro atoms. The molecule has 2 aromatic heterocycles. The van der Waals surface area contributed by atoms with Gasteiger partial charge >= 0.3 is 5.69 Å². The highest BCUT2D eigenvalue weighted by Gasteiger charge is 2.22. The third-order valence-electron chi connectivity index (χ3n) is 3.69. The second kappa shape index (κ2) is 5.47. The molecule has 4 N–H and O–H groups in total. The topological polar surface area (TPSA) is 110 Å². The number of imidazole rings is 1. The molecule has 1 amide bonds. The Morgan fingerprint density at radius 2 is 2.19 bits per heavy atom. The van der Waals surface area contributed by atoms with Gasteiger partial charge < -0.3 is 20.2 Å². The summed E-state index contributed by atoms with van der Waals surface area (Å²) in [7, 11) is 0. The fourth-order valence-corrected chi connectivity index (χ4v) is 2.54. The Balaban J connectivity index is 1.54. The molecule has 3 rings (SSSR count). The summed E-state index contributed by atoms with van der Waals surface area (Å²) < 4.78 is 0. The van der Waals surface area contributed by atoms with Crippen LogP contribution in [0.2, 0.25) is 0 Å². The highest BCUT2D eigenvalue weighted by Crippen LogP contribution is 2.18. The Morgan fingerprint density at radius 3 is 2.76 bits per heavy atom. The fourth-order valence-electron chi connectivity index (χ4n) is 2.54. The molecule has 0 atom stereocenters. The number of rotatable bonds is 3. The van der Waals surface area contributed by atoms with Crippen LogP contribution in [0.1, 0.15) is 29.0 Å². The first-order chi connectivity index (χ1) is 10.1. The van der Waals surface area contributed by atoms with Gasteiger partial charge in [0.05, 0.1) is 0 Å². The molecule has 3 heterocycles. The number of anilines is 1. The number of aromatic amines is 3. The van der Waals surface area contributed by atoms with Crippen molar-refractivity contribution < 1.29 is 4.79 Å². The highest BCUT2D eigenvalue weighted by molar-refractivity contribution is 5.92. The van der Waals surface area contributed by atoms with Crippen LogP contribution in [0.15, 0.2) is 17.1 Å². The quantitative estimate of drug-likeness (QED) is 0.644. The summed E-state index contributed by atoms with van der Waals surface area (Å²) in [5.41, 5.74) is 0.936. The van der Waals surface area contributed by atoms with E-state index in [4.69, 9.17) is 0 Å². The molecule has 21 heavy (non-hydrogen) atoms. The molecule has 0 radical (unpaired) electrons. The van der Waals surface area contributed by atoms with Gasteiger partial charge in [0.1, 0.15) is 5.69 Å². The van der Waals surface area contributed by atoms with Crippen LogP contribution in [0, 0.1) is 6.92 Å². The summed E-state index contributed by atoms with van der Waals surface area (Å²) in [6.07, 6.45) is 3.10. The molecule has 0 saturated carbocycles. The lowest BCUT2D eigenvalue weighted by Crippen LogP contribution is -2.45.